The molecule has 13 heteroatoms. The van der Waals surface area contributed by atoms with Gasteiger partial charge in [0.05, 0.1) is 34.9 Å². The zero-order valence-electron chi connectivity index (χ0n) is 29.1. The molecular weight excluding hydrogens is 691 g/mol. The molecule has 3 aromatic carbocycles. The second-order valence-electron chi connectivity index (χ2n) is 13.8. The lowest BCUT2D eigenvalue weighted by molar-refractivity contribution is -0.134. The maximum atomic E-state index is 15.3. The third-order valence-electron chi connectivity index (χ3n) is 10.2. The van der Waals surface area contributed by atoms with Gasteiger partial charge in [-0.15, -0.1) is 0 Å². The van der Waals surface area contributed by atoms with Crippen LogP contribution in [0.25, 0.3) is 22.2 Å². The topological polar surface area (TPSA) is 100 Å². The lowest BCUT2D eigenvalue weighted by Crippen LogP contribution is -2.39. The summed E-state index contributed by atoms with van der Waals surface area (Å²) in [6, 6.07) is 15.5. The Morgan fingerprint density at radius 3 is 2.36 bits per heavy atom. The Morgan fingerprint density at radius 2 is 1.64 bits per heavy atom. The maximum Gasteiger partial charge on any atom is 0.266 e. The van der Waals surface area contributed by atoms with Crippen molar-refractivity contribution in [2.24, 2.45) is 0 Å². The van der Waals surface area contributed by atoms with E-state index >= 15 is 8.78 Å². The number of hydrogen-bond acceptors (Lipinski definition) is 7. The Morgan fingerprint density at radius 1 is 0.925 bits per heavy atom. The number of imide groups is 1. The number of anilines is 1. The highest BCUT2D eigenvalue weighted by Gasteiger charge is 2.32. The van der Waals surface area contributed by atoms with E-state index in [-0.39, 0.29) is 41.4 Å². The number of amides is 2. The van der Waals surface area contributed by atoms with Crippen molar-refractivity contribution in [1.82, 2.24) is 25.2 Å². The number of hydrogen-bond donors (Lipinski definition) is 2. The van der Waals surface area contributed by atoms with Crippen molar-refractivity contribution in [3.8, 4) is 11.3 Å². The van der Waals surface area contributed by atoms with E-state index in [2.05, 4.69) is 30.5 Å². The van der Waals surface area contributed by atoms with Crippen LogP contribution in [0.1, 0.15) is 90.6 Å². The molecule has 0 spiro atoms. The molecule has 2 saturated heterocycles. The molecule has 2 aliphatic heterocycles. The normalized spacial score (nSPS) is 17.7. The van der Waals surface area contributed by atoms with Gasteiger partial charge in [0.1, 0.15) is 29.1 Å². The average Bonchev–Trinajstić information content (AvgIpc) is 3.12. The molecule has 0 saturated carbocycles. The summed E-state index contributed by atoms with van der Waals surface area (Å²) in [5, 5.41) is 6.07. The predicted molar refractivity (Wildman–Crippen MR) is 190 cm³/mol. The van der Waals surface area contributed by atoms with Gasteiger partial charge in [0.25, 0.3) is 6.43 Å². The summed E-state index contributed by atoms with van der Waals surface area (Å²) in [4.78, 5) is 39.7. The van der Waals surface area contributed by atoms with E-state index < -0.39 is 47.3 Å². The van der Waals surface area contributed by atoms with Crippen molar-refractivity contribution >= 4 is 28.5 Å². The Bertz CT molecular complexity index is 2180. The minimum Gasteiger partial charge on any atom is -0.363 e. The zero-order valence-corrected chi connectivity index (χ0v) is 29.1. The number of likely N-dealkylation sites (tertiary alicyclic amines) is 1. The van der Waals surface area contributed by atoms with Gasteiger partial charge in [-0.05, 0) is 87.5 Å². The van der Waals surface area contributed by atoms with Gasteiger partial charge >= 0.3 is 0 Å². The van der Waals surface area contributed by atoms with Crippen LogP contribution in [-0.4, -0.2) is 44.8 Å². The zero-order chi connectivity index (χ0) is 37.4. The number of carbonyl (C=O) groups is 2. The first-order chi connectivity index (χ1) is 25.4. The molecule has 2 atom stereocenters. The Balaban J connectivity index is 1.04. The van der Waals surface area contributed by atoms with Gasteiger partial charge < -0.3 is 5.32 Å². The van der Waals surface area contributed by atoms with Gasteiger partial charge in [-0.25, -0.2) is 31.9 Å². The molecule has 5 aromatic rings. The molecular formula is C40H37F5N6O2. The molecule has 8 nitrogen and oxygen atoms in total. The van der Waals surface area contributed by atoms with E-state index in [4.69, 9.17) is 0 Å². The lowest BCUT2D eigenvalue weighted by atomic mass is 9.85. The van der Waals surface area contributed by atoms with Gasteiger partial charge in [0, 0.05) is 35.0 Å². The van der Waals surface area contributed by atoms with E-state index in [9.17, 15) is 22.8 Å². The fraction of sp³-hybridized carbons (Fsp3) is 0.325. The molecule has 0 aliphatic carbocycles. The van der Waals surface area contributed by atoms with Crippen LogP contribution in [0.15, 0.2) is 66.9 Å². The average molecular weight is 729 g/mol. The highest BCUT2D eigenvalue weighted by Crippen LogP contribution is 2.36. The van der Waals surface area contributed by atoms with Gasteiger partial charge in [0.15, 0.2) is 0 Å². The van der Waals surface area contributed by atoms with Crippen LogP contribution in [0.5, 0.6) is 0 Å². The van der Waals surface area contributed by atoms with Gasteiger partial charge in [-0.3, -0.25) is 24.8 Å². The van der Waals surface area contributed by atoms with Crippen LogP contribution < -0.4 is 10.6 Å². The number of rotatable bonds is 9. The van der Waals surface area contributed by atoms with E-state index in [0.717, 1.165) is 17.2 Å². The molecule has 0 bridgehead atoms. The molecule has 2 fully saturated rings. The summed E-state index contributed by atoms with van der Waals surface area (Å²) < 4.78 is 72.4. The summed E-state index contributed by atoms with van der Waals surface area (Å²) in [5.41, 5.74) is 2.80. The fourth-order valence-electron chi connectivity index (χ4n) is 7.44. The Kier molecular flexibility index (Phi) is 10.2. The number of nitrogens with zero attached hydrogens (tertiary/aromatic N) is 4. The highest BCUT2D eigenvalue weighted by atomic mass is 19.3. The van der Waals surface area contributed by atoms with Crippen LogP contribution in [0, 0.1) is 24.4 Å². The highest BCUT2D eigenvalue weighted by molar-refractivity contribution is 6.01. The molecule has 53 heavy (non-hydrogen) atoms. The number of fused-ring (bicyclic) bond motifs is 1. The number of aryl methyl sites for hydroxylation is 1. The standard InChI is InChI=1S/C40H37F5N6O2/c1-21(27-7-4-8-29(37(27)43)38(44)45)47-39-30-18-33(46-19-34(30)48-22(2)49-39)25-6-3-5-23(15-25)20-51-13-11-24(12-14-51)36-31(41)16-26(17-32(36)42)28-9-10-35(52)50-40(28)53/h3-8,15-19,21,24,28,38H,9-14,20H2,1-2H3,(H,47,48,49)(H,50,52,53). The van der Waals surface area contributed by atoms with Crippen LogP contribution in [-0.2, 0) is 16.1 Å². The Labute approximate surface area is 302 Å². The number of carbonyl (C=O) groups excluding carboxylic acids is 2. The third-order valence-corrected chi connectivity index (χ3v) is 10.2. The van der Waals surface area contributed by atoms with Crippen molar-refractivity contribution in [1.29, 1.82) is 0 Å². The van der Waals surface area contributed by atoms with E-state index in [1.165, 1.54) is 24.3 Å². The van der Waals surface area contributed by atoms with Crippen LogP contribution in [0.3, 0.4) is 0 Å². The van der Waals surface area contributed by atoms with Crippen molar-refractivity contribution in [2.45, 2.75) is 70.4 Å². The summed E-state index contributed by atoms with van der Waals surface area (Å²) in [7, 11) is 0. The smallest absolute Gasteiger partial charge is 0.266 e. The molecule has 0 radical (unpaired) electrons. The molecule has 2 aliphatic rings. The SMILES string of the molecule is Cc1nc(NC(C)c2cccc(C(F)F)c2F)c2cc(-c3cccc(CN4CCC(c5c(F)cc(C6CCC(=O)NC6=O)cc5F)CC4)c3)ncc2n1. The third kappa shape index (κ3) is 7.61. The van der Waals surface area contributed by atoms with Crippen LogP contribution >= 0.6 is 0 Å². The molecule has 2 unspecified atom stereocenters. The first-order valence-corrected chi connectivity index (χ1v) is 17.6. The van der Waals surface area contributed by atoms with E-state index in [1.54, 1.807) is 20.0 Å². The number of piperidine rings is 2. The van der Waals surface area contributed by atoms with Crippen LogP contribution in [0.2, 0.25) is 0 Å². The number of pyridine rings is 1. The van der Waals surface area contributed by atoms with E-state index in [1.807, 2.05) is 30.3 Å². The lowest BCUT2D eigenvalue weighted by Gasteiger charge is -2.33. The quantitative estimate of drug-likeness (QED) is 0.116. The molecule has 2 amide bonds. The van der Waals surface area contributed by atoms with Gasteiger partial charge in [-0.1, -0.05) is 36.4 Å². The largest absolute Gasteiger partial charge is 0.363 e. The molecule has 2 aromatic heterocycles. The minimum absolute atomic E-state index is 0.0410. The first-order valence-electron chi connectivity index (χ1n) is 17.6. The fourth-order valence-corrected chi connectivity index (χ4v) is 7.44. The first kappa shape index (κ1) is 36.1. The predicted octanol–water partition coefficient (Wildman–Crippen LogP) is 8.43. The van der Waals surface area contributed by atoms with Crippen molar-refractivity contribution in [2.75, 3.05) is 18.4 Å². The monoisotopic (exact) mass is 728 g/mol. The molecule has 2 N–H and O–H groups in total. The number of alkyl halides is 2. The van der Waals surface area contributed by atoms with Gasteiger partial charge in [0.2, 0.25) is 11.8 Å². The van der Waals surface area contributed by atoms with Crippen molar-refractivity contribution in [3.05, 3.63) is 118 Å². The maximum absolute atomic E-state index is 15.3. The van der Waals surface area contributed by atoms with Crippen LogP contribution in [0.4, 0.5) is 27.8 Å². The Hall–Kier alpha value is -5.30. The van der Waals surface area contributed by atoms with Crippen molar-refractivity contribution in [3.63, 3.8) is 0 Å². The summed E-state index contributed by atoms with van der Waals surface area (Å²) >= 11 is 0. The summed E-state index contributed by atoms with van der Waals surface area (Å²) in [6.07, 6.45) is 0.161. The molecule has 7 rings (SSSR count). The second-order valence-corrected chi connectivity index (χ2v) is 13.8. The number of benzene rings is 3. The molecule has 4 heterocycles. The number of halogens is 5. The molecule has 274 valence electrons. The number of nitrogens with one attached hydrogen (secondary N) is 2. The van der Waals surface area contributed by atoms with E-state index in [0.29, 0.717) is 60.7 Å². The van der Waals surface area contributed by atoms with Gasteiger partial charge in [-0.2, -0.15) is 0 Å². The minimum atomic E-state index is -2.94. The number of aromatic nitrogens is 3. The van der Waals surface area contributed by atoms with Crippen molar-refractivity contribution < 1.29 is 31.5 Å². The second kappa shape index (κ2) is 15.0. The summed E-state index contributed by atoms with van der Waals surface area (Å²) in [5.74, 6) is -3.40. The summed E-state index contributed by atoms with van der Waals surface area (Å²) in [6.45, 7) is 5.27.